The first-order chi connectivity index (χ1) is 9.52. The van der Waals surface area contributed by atoms with Crippen molar-refractivity contribution in [3.63, 3.8) is 0 Å². The van der Waals surface area contributed by atoms with E-state index in [1.54, 1.807) is 0 Å². The summed E-state index contributed by atoms with van der Waals surface area (Å²) in [7, 11) is 0. The molecule has 1 unspecified atom stereocenters. The summed E-state index contributed by atoms with van der Waals surface area (Å²) < 4.78 is 75.7. The Morgan fingerprint density at radius 1 is 1.10 bits per heavy atom. The van der Waals surface area contributed by atoms with E-state index < -0.39 is 29.7 Å². The lowest BCUT2D eigenvalue weighted by Gasteiger charge is -2.14. The van der Waals surface area contributed by atoms with E-state index in [9.17, 15) is 26.3 Å². The number of rotatable bonds is 7. The van der Waals surface area contributed by atoms with Crippen molar-refractivity contribution >= 4 is 5.71 Å². The molecule has 0 amide bonds. The molecule has 0 saturated heterocycles. The topological polar surface area (TPSA) is 12.4 Å². The Balaban J connectivity index is 5.22. The number of alkyl halides is 6. The molecule has 21 heavy (non-hydrogen) atoms. The molecule has 0 bridgehead atoms. The SMILES string of the molecule is C=CCCC/C(=C\C(C)/N=C(\C=C)C(F)(F)F)C(F)(F)F. The van der Waals surface area contributed by atoms with Gasteiger partial charge in [-0.05, 0) is 32.3 Å². The van der Waals surface area contributed by atoms with Gasteiger partial charge in [-0.15, -0.1) is 6.58 Å². The molecular formula is C14H17F6N. The average molecular weight is 313 g/mol. The summed E-state index contributed by atoms with van der Waals surface area (Å²) in [6.45, 7) is 7.53. The van der Waals surface area contributed by atoms with E-state index in [1.165, 1.54) is 6.08 Å². The van der Waals surface area contributed by atoms with Crippen LogP contribution in [-0.4, -0.2) is 24.1 Å². The quantitative estimate of drug-likeness (QED) is 0.258. The second-order valence-corrected chi connectivity index (χ2v) is 4.33. The Bertz CT molecular complexity index is 414. The number of hydrogen-bond acceptors (Lipinski definition) is 1. The fraction of sp³-hybridized carbons (Fsp3) is 0.500. The normalized spacial score (nSPS) is 15.8. The minimum atomic E-state index is -4.73. The van der Waals surface area contributed by atoms with Crippen molar-refractivity contribution in [1.29, 1.82) is 0 Å². The molecule has 0 aromatic carbocycles. The van der Waals surface area contributed by atoms with Crippen molar-refractivity contribution in [2.24, 2.45) is 4.99 Å². The molecule has 0 aromatic heterocycles. The Kier molecular flexibility index (Phi) is 7.46. The molecule has 0 spiro atoms. The zero-order valence-corrected chi connectivity index (χ0v) is 11.6. The summed E-state index contributed by atoms with van der Waals surface area (Å²) >= 11 is 0. The summed E-state index contributed by atoms with van der Waals surface area (Å²) in [4.78, 5) is 3.22. The zero-order valence-electron chi connectivity index (χ0n) is 11.6. The van der Waals surface area contributed by atoms with Crippen molar-refractivity contribution in [3.8, 4) is 0 Å². The molecule has 0 aromatic rings. The van der Waals surface area contributed by atoms with Crippen molar-refractivity contribution in [2.75, 3.05) is 0 Å². The molecule has 1 nitrogen and oxygen atoms in total. The van der Waals surface area contributed by atoms with Crippen molar-refractivity contribution in [1.82, 2.24) is 0 Å². The Morgan fingerprint density at radius 3 is 2.05 bits per heavy atom. The summed E-state index contributed by atoms with van der Waals surface area (Å²) in [5, 5.41) is 0. The predicted octanol–water partition coefficient (Wildman–Crippen LogP) is 5.41. The van der Waals surface area contributed by atoms with Crippen molar-refractivity contribution in [2.45, 2.75) is 44.6 Å². The van der Waals surface area contributed by atoms with Gasteiger partial charge in [-0.3, -0.25) is 4.99 Å². The van der Waals surface area contributed by atoms with Gasteiger partial charge in [0, 0.05) is 5.57 Å². The second kappa shape index (κ2) is 8.05. The lowest BCUT2D eigenvalue weighted by atomic mass is 10.1. The fourth-order valence-corrected chi connectivity index (χ4v) is 1.55. The number of halogens is 6. The number of hydrogen-bond donors (Lipinski definition) is 0. The van der Waals surface area contributed by atoms with Gasteiger partial charge in [0.2, 0.25) is 0 Å². The number of unbranched alkanes of at least 4 members (excludes halogenated alkanes) is 1. The first-order valence-electron chi connectivity index (χ1n) is 6.18. The molecule has 0 N–H and O–H groups in total. The van der Waals surface area contributed by atoms with Crippen LogP contribution in [0, 0.1) is 0 Å². The minimum absolute atomic E-state index is 0.221. The minimum Gasteiger partial charge on any atom is -0.273 e. The van der Waals surface area contributed by atoms with Crippen LogP contribution in [0.2, 0.25) is 0 Å². The molecule has 1 atom stereocenters. The van der Waals surface area contributed by atoms with Gasteiger partial charge in [0.05, 0.1) is 6.04 Å². The van der Waals surface area contributed by atoms with E-state index in [4.69, 9.17) is 0 Å². The molecule has 120 valence electrons. The van der Waals surface area contributed by atoms with Gasteiger partial charge >= 0.3 is 12.4 Å². The first-order valence-corrected chi connectivity index (χ1v) is 6.18. The van der Waals surface area contributed by atoms with Crippen molar-refractivity contribution < 1.29 is 26.3 Å². The molecule has 0 fully saturated rings. The highest BCUT2D eigenvalue weighted by Gasteiger charge is 2.35. The van der Waals surface area contributed by atoms with Crippen LogP contribution in [0.1, 0.15) is 26.2 Å². The van der Waals surface area contributed by atoms with Crippen LogP contribution in [-0.2, 0) is 0 Å². The van der Waals surface area contributed by atoms with Gasteiger partial charge in [-0.25, -0.2) is 0 Å². The molecule has 0 aliphatic rings. The van der Waals surface area contributed by atoms with Crippen molar-refractivity contribution in [3.05, 3.63) is 37.0 Å². The van der Waals surface area contributed by atoms with Crippen LogP contribution >= 0.6 is 0 Å². The van der Waals surface area contributed by atoms with E-state index in [0.717, 1.165) is 6.92 Å². The maximum absolute atomic E-state index is 12.8. The Labute approximate surface area is 119 Å². The van der Waals surface area contributed by atoms with Crippen LogP contribution in [0.5, 0.6) is 0 Å². The van der Waals surface area contributed by atoms with E-state index in [1.807, 2.05) is 0 Å². The van der Waals surface area contributed by atoms with E-state index >= 15 is 0 Å². The largest absolute Gasteiger partial charge is 0.432 e. The summed E-state index contributed by atoms with van der Waals surface area (Å²) in [5.41, 5.74) is -2.18. The Morgan fingerprint density at radius 2 is 1.67 bits per heavy atom. The number of nitrogens with zero attached hydrogens (tertiary/aromatic N) is 1. The van der Waals surface area contributed by atoms with Gasteiger partial charge in [0.15, 0.2) is 0 Å². The van der Waals surface area contributed by atoms with Crippen LogP contribution in [0.4, 0.5) is 26.3 Å². The third kappa shape index (κ3) is 7.72. The van der Waals surface area contributed by atoms with E-state index in [-0.39, 0.29) is 12.8 Å². The van der Waals surface area contributed by atoms with Gasteiger partial charge in [0.25, 0.3) is 0 Å². The maximum atomic E-state index is 12.8. The second-order valence-electron chi connectivity index (χ2n) is 4.33. The van der Waals surface area contributed by atoms with Crippen LogP contribution < -0.4 is 0 Å². The molecular weight excluding hydrogens is 296 g/mol. The van der Waals surface area contributed by atoms with Gasteiger partial charge in [-0.2, -0.15) is 26.3 Å². The average Bonchev–Trinajstić information content (AvgIpc) is 2.32. The standard InChI is InChI=1S/C14H17F6N/c1-4-6-7-8-11(13(15,16)17)9-10(3)21-12(5-2)14(18,19)20/h4-5,9-10H,1-2,6-8H2,3H3/b11-9+,21-12+. The van der Waals surface area contributed by atoms with Gasteiger partial charge in [-0.1, -0.05) is 18.7 Å². The fourth-order valence-electron chi connectivity index (χ4n) is 1.55. The summed E-state index contributed by atoms with van der Waals surface area (Å²) in [5.74, 6) is 0. The van der Waals surface area contributed by atoms with Crippen LogP contribution in [0.15, 0.2) is 42.0 Å². The van der Waals surface area contributed by atoms with Crippen LogP contribution in [0.3, 0.4) is 0 Å². The molecule has 0 aliphatic carbocycles. The monoisotopic (exact) mass is 313 g/mol. The highest BCUT2D eigenvalue weighted by atomic mass is 19.4. The third-order valence-electron chi connectivity index (χ3n) is 2.49. The smallest absolute Gasteiger partial charge is 0.273 e. The molecule has 0 radical (unpaired) electrons. The van der Waals surface area contributed by atoms with Crippen LogP contribution in [0.25, 0.3) is 0 Å². The zero-order chi connectivity index (χ0) is 16.7. The highest BCUT2D eigenvalue weighted by molar-refractivity contribution is 5.99. The molecule has 0 heterocycles. The Hall–Kier alpha value is -1.53. The summed E-state index contributed by atoms with van der Waals surface area (Å²) in [6.07, 6.45) is -6.32. The molecule has 0 rings (SSSR count). The lowest BCUT2D eigenvalue weighted by molar-refractivity contribution is -0.0944. The molecule has 0 saturated carbocycles. The lowest BCUT2D eigenvalue weighted by Crippen LogP contribution is -2.22. The molecule has 7 heteroatoms. The predicted molar refractivity (Wildman–Crippen MR) is 71.3 cm³/mol. The third-order valence-corrected chi connectivity index (χ3v) is 2.49. The maximum Gasteiger partial charge on any atom is 0.432 e. The number of allylic oxidation sites excluding steroid dienone is 3. The molecule has 0 aliphatic heterocycles. The van der Waals surface area contributed by atoms with Gasteiger partial charge < -0.3 is 0 Å². The summed E-state index contributed by atoms with van der Waals surface area (Å²) in [6, 6.07) is -1.25. The highest BCUT2D eigenvalue weighted by Crippen LogP contribution is 2.30. The van der Waals surface area contributed by atoms with E-state index in [2.05, 4.69) is 18.2 Å². The van der Waals surface area contributed by atoms with Gasteiger partial charge in [0.1, 0.15) is 5.71 Å². The first kappa shape index (κ1) is 19.5. The number of aliphatic imine (C=N–C) groups is 1. The van der Waals surface area contributed by atoms with E-state index in [0.29, 0.717) is 18.6 Å².